The van der Waals surface area contributed by atoms with Gasteiger partial charge in [-0.2, -0.15) is 0 Å². The topological polar surface area (TPSA) is 12.0 Å². The van der Waals surface area contributed by atoms with Crippen LogP contribution in [-0.2, 0) is 12.6 Å². The smallest absolute Gasteiger partial charge is 0.412 e. The van der Waals surface area contributed by atoms with Crippen LogP contribution >= 0.6 is 12.2 Å². The molecule has 0 saturated carbocycles. The number of thiocarbonyl (C=S) groups is 1. The summed E-state index contributed by atoms with van der Waals surface area (Å²) in [5, 5.41) is 2.89. The first-order chi connectivity index (χ1) is 3.77. The molecule has 0 atom stereocenters. The van der Waals surface area contributed by atoms with Gasteiger partial charge >= 0.3 is 18.9 Å². The van der Waals surface area contributed by atoms with Crippen LogP contribution in [0.1, 0.15) is 19.8 Å². The Morgan fingerprint density at radius 2 is 2.22 bits per heavy atom. The quantitative estimate of drug-likeness (QED) is 0.224. The van der Waals surface area contributed by atoms with E-state index >= 15 is 0 Å². The van der Waals surface area contributed by atoms with Gasteiger partial charge in [-0.3, -0.25) is 0 Å². The fourth-order valence-corrected chi connectivity index (χ4v) is 0.571. The Morgan fingerprint density at radius 3 is 2.56 bits per heavy atom. The van der Waals surface area contributed by atoms with Gasteiger partial charge in [-0.25, -0.2) is 0 Å². The summed E-state index contributed by atoms with van der Waals surface area (Å²) in [6.45, 7) is 3.06. The van der Waals surface area contributed by atoms with Crippen molar-refractivity contribution < 1.29 is 18.9 Å². The van der Waals surface area contributed by atoms with Crippen molar-refractivity contribution in [3.8, 4) is 0 Å². The molecule has 0 aliphatic heterocycles. The molecule has 0 unspecified atom stereocenters. The predicted molar refractivity (Wildman–Crippen MR) is 42.9 cm³/mol. The Labute approximate surface area is 79.6 Å². The Morgan fingerprint density at radius 1 is 1.67 bits per heavy atom. The van der Waals surface area contributed by atoms with E-state index in [9.17, 15) is 0 Å². The summed E-state index contributed by atoms with van der Waals surface area (Å²) in [6, 6.07) is 0. The number of unbranched alkanes of at least 4 members (excludes halogenated alkanes) is 1. The predicted octanol–water partition coefficient (Wildman–Crippen LogP) is -1.79. The maximum atomic E-state index is 4.61. The van der Waals surface area contributed by atoms with Crippen LogP contribution in [-0.4, -0.2) is 10.9 Å². The van der Waals surface area contributed by atoms with Crippen LogP contribution in [0.3, 0.4) is 0 Å². The van der Waals surface area contributed by atoms with Crippen LogP contribution in [0.4, 0.5) is 0 Å². The fraction of sp³-hybridized carbons (Fsp3) is 0.800. The van der Waals surface area contributed by atoms with Gasteiger partial charge in [0.25, 0.3) is 0 Å². The molecule has 1 N–H and O–H groups in total. The molecule has 0 aromatic carbocycles. The summed E-state index contributed by atoms with van der Waals surface area (Å²) >= 11 is 9.23. The van der Waals surface area contributed by atoms with E-state index in [2.05, 4.69) is 37.1 Å². The summed E-state index contributed by atoms with van der Waals surface area (Å²) in [5.74, 6) is 0. The Hall–Kier alpha value is 0.707. The Balaban J connectivity index is 0. The fourth-order valence-electron chi connectivity index (χ4n) is 0.367. The van der Waals surface area contributed by atoms with Gasteiger partial charge < -0.3 is 30.2 Å². The number of rotatable bonds is 3. The molecule has 0 aromatic rings. The first-order valence-corrected chi connectivity index (χ1v) is 3.54. The molecule has 48 valence electrons. The second-order valence-electron chi connectivity index (χ2n) is 1.57. The van der Waals surface area contributed by atoms with Gasteiger partial charge in [0.2, 0.25) is 0 Å². The van der Waals surface area contributed by atoms with Gasteiger partial charge in [-0.05, 0) is 6.42 Å². The molecule has 0 spiro atoms. The first-order valence-electron chi connectivity index (χ1n) is 2.72. The molecular formula is C5H10LiNS2. The minimum atomic E-state index is 0. The van der Waals surface area contributed by atoms with Crippen LogP contribution in [0.15, 0.2) is 0 Å². The standard InChI is InChI=1S/C5H11NS2.Li/c1-2-3-4-6-5(7)8;/h2-4H2,1H3,(H2,6,7,8);/q;+1/p-1. The second-order valence-corrected chi connectivity index (χ2v) is 2.64. The van der Waals surface area contributed by atoms with Crippen molar-refractivity contribution >= 4 is 29.2 Å². The number of hydrogen-bond donors (Lipinski definition) is 1. The van der Waals surface area contributed by atoms with Gasteiger partial charge in [0.15, 0.2) is 0 Å². The van der Waals surface area contributed by atoms with Crippen LogP contribution in [0.25, 0.3) is 0 Å². The average molecular weight is 155 g/mol. The van der Waals surface area contributed by atoms with E-state index in [4.69, 9.17) is 0 Å². The zero-order chi connectivity index (χ0) is 6.41. The molecule has 1 nitrogen and oxygen atoms in total. The van der Waals surface area contributed by atoms with Crippen molar-refractivity contribution in [3.63, 3.8) is 0 Å². The Bertz CT molecular complexity index is 77.4. The molecule has 0 rings (SSSR count). The molecule has 0 aromatic heterocycles. The molecule has 4 heteroatoms. The maximum absolute atomic E-state index is 4.61. The third-order valence-electron chi connectivity index (χ3n) is 0.800. The van der Waals surface area contributed by atoms with E-state index in [-0.39, 0.29) is 18.9 Å². The number of nitrogens with one attached hydrogen (secondary N) is 1. The molecule has 0 aliphatic rings. The van der Waals surface area contributed by atoms with Crippen molar-refractivity contribution in [2.75, 3.05) is 6.54 Å². The molecule has 9 heavy (non-hydrogen) atoms. The maximum Gasteiger partial charge on any atom is 1.00 e. The molecular weight excluding hydrogens is 145 g/mol. The third kappa shape index (κ3) is 12.0. The van der Waals surface area contributed by atoms with E-state index in [0.717, 1.165) is 13.0 Å². The molecule has 0 saturated heterocycles. The molecule has 0 fully saturated rings. The first kappa shape index (κ1) is 12.4. The minimum Gasteiger partial charge on any atom is -0.412 e. The summed E-state index contributed by atoms with van der Waals surface area (Å²) in [6.07, 6.45) is 2.34. The summed E-state index contributed by atoms with van der Waals surface area (Å²) in [4.78, 5) is 0. The van der Waals surface area contributed by atoms with Crippen LogP contribution < -0.4 is 24.2 Å². The minimum absolute atomic E-state index is 0. The van der Waals surface area contributed by atoms with E-state index < -0.39 is 0 Å². The average Bonchev–Trinajstić information content (AvgIpc) is 1.66. The van der Waals surface area contributed by atoms with Crippen molar-refractivity contribution in [3.05, 3.63) is 0 Å². The molecule has 0 radical (unpaired) electrons. The summed E-state index contributed by atoms with van der Waals surface area (Å²) in [7, 11) is 0. The van der Waals surface area contributed by atoms with Crippen LogP contribution in [0, 0.1) is 0 Å². The molecule has 0 bridgehead atoms. The van der Waals surface area contributed by atoms with Crippen molar-refractivity contribution in [1.82, 2.24) is 5.32 Å². The Kier molecular flexibility index (Phi) is 12.0. The summed E-state index contributed by atoms with van der Waals surface area (Å²) in [5.41, 5.74) is 0. The van der Waals surface area contributed by atoms with Gasteiger partial charge in [-0.15, -0.1) is 0 Å². The van der Waals surface area contributed by atoms with Gasteiger partial charge in [0, 0.05) is 6.54 Å². The zero-order valence-electron chi connectivity index (χ0n) is 5.94. The van der Waals surface area contributed by atoms with Gasteiger partial charge in [0.05, 0.1) is 0 Å². The third-order valence-corrected chi connectivity index (χ3v) is 1.09. The van der Waals surface area contributed by atoms with Gasteiger partial charge in [-0.1, -0.05) is 17.7 Å². The van der Waals surface area contributed by atoms with Gasteiger partial charge in [0.1, 0.15) is 0 Å². The largest absolute Gasteiger partial charge is 1.00 e. The SMILES string of the molecule is CCCCNC(=S)[S-].[Li+]. The molecule has 0 amide bonds. The normalized spacial score (nSPS) is 7.67. The van der Waals surface area contributed by atoms with E-state index in [1.165, 1.54) is 6.42 Å². The van der Waals surface area contributed by atoms with E-state index in [1.54, 1.807) is 0 Å². The zero-order valence-corrected chi connectivity index (χ0v) is 7.57. The van der Waals surface area contributed by atoms with Crippen LogP contribution in [0.2, 0.25) is 0 Å². The second kappa shape index (κ2) is 8.71. The molecule has 0 aliphatic carbocycles. The van der Waals surface area contributed by atoms with E-state index in [1.807, 2.05) is 0 Å². The summed E-state index contributed by atoms with van der Waals surface area (Å²) < 4.78 is 0.485. The van der Waals surface area contributed by atoms with E-state index in [0.29, 0.717) is 4.32 Å². The van der Waals surface area contributed by atoms with Crippen molar-refractivity contribution in [2.45, 2.75) is 19.8 Å². The number of hydrogen-bond acceptors (Lipinski definition) is 2. The molecule has 0 heterocycles. The monoisotopic (exact) mass is 155 g/mol. The van der Waals surface area contributed by atoms with Crippen molar-refractivity contribution in [1.29, 1.82) is 0 Å². The van der Waals surface area contributed by atoms with Crippen molar-refractivity contribution in [2.24, 2.45) is 0 Å². The van der Waals surface area contributed by atoms with Crippen LogP contribution in [0.5, 0.6) is 0 Å².